The lowest BCUT2D eigenvalue weighted by atomic mass is 10.1. The Kier molecular flexibility index (Phi) is 4.80. The molecule has 2 N–H and O–H groups in total. The van der Waals surface area contributed by atoms with Gasteiger partial charge in [-0.2, -0.15) is 8.42 Å². The van der Waals surface area contributed by atoms with Crippen LogP contribution in [0, 0.1) is 6.92 Å². The third-order valence-electron chi connectivity index (χ3n) is 3.73. The molecule has 1 amide bonds. The number of anilines is 1. The monoisotopic (exact) mass is 390 g/mol. The van der Waals surface area contributed by atoms with Crippen molar-refractivity contribution in [2.45, 2.75) is 11.9 Å². The van der Waals surface area contributed by atoms with Gasteiger partial charge in [0.25, 0.3) is 15.9 Å². The Bertz CT molecular complexity index is 1120. The van der Waals surface area contributed by atoms with Gasteiger partial charge in [0.2, 0.25) is 0 Å². The standard InChI is InChI=1S/C17H15ClN4O3S/c1-10-5-3-6-11-9-12(16(18)21-15(10)11)17(23)22-26(24,25)14-8-4-7-13(19-2)20-14/h3-9H,1-2H3,(H,19,20)(H,22,23). The molecule has 3 rings (SSSR count). The average Bonchev–Trinajstić information content (AvgIpc) is 2.61. The van der Waals surface area contributed by atoms with E-state index in [1.807, 2.05) is 23.8 Å². The molecule has 0 aliphatic rings. The zero-order valence-corrected chi connectivity index (χ0v) is 15.5. The second-order valence-corrected chi connectivity index (χ2v) is 7.51. The SMILES string of the molecule is CNc1cccc(S(=O)(=O)NC(=O)c2cc3cccc(C)c3nc2Cl)n1. The maximum atomic E-state index is 12.5. The van der Waals surface area contributed by atoms with Crippen molar-refractivity contribution in [2.75, 3.05) is 12.4 Å². The Morgan fingerprint density at radius 1 is 1.12 bits per heavy atom. The Morgan fingerprint density at radius 3 is 2.58 bits per heavy atom. The summed E-state index contributed by atoms with van der Waals surface area (Å²) in [6.07, 6.45) is 0. The number of amides is 1. The second-order valence-electron chi connectivity index (χ2n) is 5.52. The maximum Gasteiger partial charge on any atom is 0.281 e. The molecule has 0 atom stereocenters. The number of nitrogens with zero attached hydrogens (tertiary/aromatic N) is 2. The fourth-order valence-electron chi connectivity index (χ4n) is 2.42. The Labute approximate surface area is 155 Å². The van der Waals surface area contributed by atoms with Gasteiger partial charge in [0.1, 0.15) is 11.0 Å². The Hall–Kier alpha value is -2.71. The van der Waals surface area contributed by atoms with E-state index in [0.717, 1.165) is 5.56 Å². The van der Waals surface area contributed by atoms with E-state index >= 15 is 0 Å². The van der Waals surface area contributed by atoms with Gasteiger partial charge >= 0.3 is 0 Å². The van der Waals surface area contributed by atoms with Gasteiger partial charge in [-0.3, -0.25) is 4.79 Å². The first kappa shape index (κ1) is 18.1. The number of rotatable bonds is 4. The largest absolute Gasteiger partial charge is 0.373 e. The van der Waals surface area contributed by atoms with Gasteiger partial charge in [-0.15, -0.1) is 0 Å². The lowest BCUT2D eigenvalue weighted by Crippen LogP contribution is -2.31. The predicted molar refractivity (Wildman–Crippen MR) is 99.9 cm³/mol. The summed E-state index contributed by atoms with van der Waals surface area (Å²) in [6, 6.07) is 11.4. The van der Waals surface area contributed by atoms with Crippen molar-refractivity contribution in [3.63, 3.8) is 0 Å². The topological polar surface area (TPSA) is 101 Å². The van der Waals surface area contributed by atoms with Crippen LogP contribution in [0.2, 0.25) is 5.15 Å². The fraction of sp³-hybridized carbons (Fsp3) is 0.118. The summed E-state index contributed by atoms with van der Waals surface area (Å²) in [7, 11) is -2.54. The number of fused-ring (bicyclic) bond motifs is 1. The van der Waals surface area contributed by atoms with E-state index in [4.69, 9.17) is 11.6 Å². The number of carbonyl (C=O) groups excluding carboxylic acids is 1. The first-order valence-electron chi connectivity index (χ1n) is 7.59. The van der Waals surface area contributed by atoms with Crippen molar-refractivity contribution in [3.8, 4) is 0 Å². The van der Waals surface area contributed by atoms with E-state index in [-0.39, 0.29) is 15.7 Å². The second kappa shape index (κ2) is 6.89. The summed E-state index contributed by atoms with van der Waals surface area (Å²) in [5.74, 6) is -0.510. The van der Waals surface area contributed by atoms with Crippen LogP contribution >= 0.6 is 11.6 Å². The molecule has 9 heteroatoms. The minimum atomic E-state index is -4.16. The number of hydrogen-bond acceptors (Lipinski definition) is 6. The number of carbonyl (C=O) groups is 1. The lowest BCUT2D eigenvalue weighted by molar-refractivity contribution is 0.0981. The van der Waals surface area contributed by atoms with Gasteiger partial charge in [-0.05, 0) is 30.7 Å². The number of sulfonamides is 1. The van der Waals surface area contributed by atoms with Crippen LogP contribution in [0.4, 0.5) is 5.82 Å². The molecule has 1 aromatic carbocycles. The van der Waals surface area contributed by atoms with Gasteiger partial charge in [-0.1, -0.05) is 35.9 Å². The molecular formula is C17H15ClN4O3S. The van der Waals surface area contributed by atoms with E-state index in [1.165, 1.54) is 18.2 Å². The van der Waals surface area contributed by atoms with Gasteiger partial charge in [0.05, 0.1) is 11.1 Å². The number of benzene rings is 1. The van der Waals surface area contributed by atoms with Crippen LogP contribution in [-0.2, 0) is 10.0 Å². The molecule has 0 bridgehead atoms. The molecule has 0 saturated carbocycles. The maximum absolute atomic E-state index is 12.5. The van der Waals surface area contributed by atoms with Crippen LogP contribution in [-0.4, -0.2) is 31.3 Å². The summed E-state index contributed by atoms with van der Waals surface area (Å²) < 4.78 is 26.8. The minimum absolute atomic E-state index is 0.0295. The van der Waals surface area contributed by atoms with E-state index in [2.05, 4.69) is 15.3 Å². The smallest absolute Gasteiger partial charge is 0.281 e. The number of nitrogens with one attached hydrogen (secondary N) is 2. The molecule has 7 nitrogen and oxygen atoms in total. The van der Waals surface area contributed by atoms with Crippen LogP contribution in [0.1, 0.15) is 15.9 Å². The zero-order valence-electron chi connectivity index (χ0n) is 13.9. The first-order valence-corrected chi connectivity index (χ1v) is 9.46. The van der Waals surface area contributed by atoms with Crippen LogP contribution in [0.5, 0.6) is 0 Å². The van der Waals surface area contributed by atoms with E-state index in [9.17, 15) is 13.2 Å². The molecule has 0 saturated heterocycles. The van der Waals surface area contributed by atoms with Crippen LogP contribution in [0.3, 0.4) is 0 Å². The highest BCUT2D eigenvalue weighted by Gasteiger charge is 2.23. The number of aromatic nitrogens is 2. The molecule has 0 radical (unpaired) electrons. The average molecular weight is 391 g/mol. The molecule has 0 aliphatic heterocycles. The van der Waals surface area contributed by atoms with Crippen molar-refractivity contribution in [1.82, 2.24) is 14.7 Å². The molecular weight excluding hydrogens is 376 g/mol. The van der Waals surface area contributed by atoms with Gasteiger partial charge in [-0.25, -0.2) is 14.7 Å². The Balaban J connectivity index is 1.97. The highest BCUT2D eigenvalue weighted by molar-refractivity contribution is 7.90. The number of hydrogen-bond donors (Lipinski definition) is 2. The van der Waals surface area contributed by atoms with Crippen molar-refractivity contribution in [3.05, 3.63) is 58.7 Å². The molecule has 134 valence electrons. The van der Waals surface area contributed by atoms with Crippen molar-refractivity contribution in [1.29, 1.82) is 0 Å². The molecule has 0 spiro atoms. The lowest BCUT2D eigenvalue weighted by Gasteiger charge is -2.10. The van der Waals surface area contributed by atoms with E-state index in [1.54, 1.807) is 19.2 Å². The molecule has 0 unspecified atom stereocenters. The summed E-state index contributed by atoms with van der Waals surface area (Å²) in [4.78, 5) is 20.6. The molecule has 3 aromatic rings. The number of para-hydroxylation sites is 1. The number of halogens is 1. The van der Waals surface area contributed by atoms with Crippen LogP contribution < -0.4 is 10.0 Å². The number of pyridine rings is 2. The van der Waals surface area contributed by atoms with Gasteiger partial charge in [0, 0.05) is 12.4 Å². The van der Waals surface area contributed by atoms with Crippen molar-refractivity contribution < 1.29 is 13.2 Å². The fourth-order valence-corrected chi connectivity index (χ4v) is 3.58. The highest BCUT2D eigenvalue weighted by atomic mass is 35.5. The van der Waals surface area contributed by atoms with E-state index < -0.39 is 15.9 Å². The van der Waals surface area contributed by atoms with Crippen molar-refractivity contribution in [2.24, 2.45) is 0 Å². The molecule has 2 aromatic heterocycles. The highest BCUT2D eigenvalue weighted by Crippen LogP contribution is 2.23. The normalized spacial score (nSPS) is 11.3. The van der Waals surface area contributed by atoms with Crippen LogP contribution in [0.25, 0.3) is 10.9 Å². The van der Waals surface area contributed by atoms with Gasteiger partial charge in [0.15, 0.2) is 5.03 Å². The summed E-state index contributed by atoms with van der Waals surface area (Å²) in [6.45, 7) is 1.87. The van der Waals surface area contributed by atoms with E-state index in [0.29, 0.717) is 16.7 Å². The third-order valence-corrected chi connectivity index (χ3v) is 5.25. The zero-order chi connectivity index (χ0) is 18.9. The Morgan fingerprint density at radius 2 is 1.85 bits per heavy atom. The molecule has 0 fully saturated rings. The summed E-state index contributed by atoms with van der Waals surface area (Å²) in [5, 5.41) is 3.07. The first-order chi connectivity index (χ1) is 12.3. The van der Waals surface area contributed by atoms with Crippen molar-refractivity contribution >= 4 is 44.3 Å². The van der Waals surface area contributed by atoms with Crippen LogP contribution in [0.15, 0.2) is 47.5 Å². The minimum Gasteiger partial charge on any atom is -0.373 e. The molecule has 2 heterocycles. The quantitative estimate of drug-likeness (QED) is 0.664. The summed E-state index contributed by atoms with van der Waals surface area (Å²) in [5.41, 5.74) is 1.52. The van der Waals surface area contributed by atoms with Gasteiger partial charge < -0.3 is 5.32 Å². The molecule has 26 heavy (non-hydrogen) atoms. The predicted octanol–water partition coefficient (Wildman–Crippen LogP) is 2.75. The number of aryl methyl sites for hydroxylation is 1. The molecule has 0 aliphatic carbocycles. The third kappa shape index (κ3) is 3.47. The summed E-state index contributed by atoms with van der Waals surface area (Å²) >= 11 is 6.10.